The Hall–Kier alpha value is -3.03. The molecule has 4 aromatic rings. The standard InChI is InChI=1S/C28H25BrN2O3S/c1-16(2)34-28(33)25-20-11-4-6-13-24(20)35-27(25)31-26(32)21-15-23(17-8-7-9-18(29)14-17)30-22-12-5-3-10-19(21)22/h3,5,7-10,12,14-16H,4,6,11,13H2,1-2H3,(H,31,32). The van der Waals surface area contributed by atoms with Crippen molar-refractivity contribution in [1.82, 2.24) is 4.98 Å². The fraction of sp³-hybridized carbons (Fsp3) is 0.250. The van der Waals surface area contributed by atoms with Crippen molar-refractivity contribution in [3.8, 4) is 11.3 Å². The zero-order valence-electron chi connectivity index (χ0n) is 19.6. The van der Waals surface area contributed by atoms with Gasteiger partial charge in [0.1, 0.15) is 5.00 Å². The lowest BCUT2D eigenvalue weighted by Crippen LogP contribution is -2.18. The highest BCUT2D eigenvalue weighted by atomic mass is 79.9. The third kappa shape index (κ3) is 4.88. The van der Waals surface area contributed by atoms with Crippen molar-refractivity contribution in [3.05, 3.63) is 80.6 Å². The van der Waals surface area contributed by atoms with Gasteiger partial charge in [0.2, 0.25) is 0 Å². The normalized spacial score (nSPS) is 13.0. The van der Waals surface area contributed by atoms with Crippen LogP contribution in [0.15, 0.2) is 59.1 Å². The molecule has 0 spiro atoms. The first kappa shape index (κ1) is 23.7. The molecule has 0 fully saturated rings. The summed E-state index contributed by atoms with van der Waals surface area (Å²) in [5.41, 5.74) is 4.40. The fourth-order valence-corrected chi connectivity index (χ4v) is 6.14. The van der Waals surface area contributed by atoms with Crippen LogP contribution < -0.4 is 5.32 Å². The van der Waals surface area contributed by atoms with Crippen LogP contribution in [0.2, 0.25) is 0 Å². The second-order valence-electron chi connectivity index (χ2n) is 8.91. The van der Waals surface area contributed by atoms with Gasteiger partial charge in [-0.05, 0) is 69.4 Å². The summed E-state index contributed by atoms with van der Waals surface area (Å²) in [6.07, 6.45) is 3.63. The monoisotopic (exact) mass is 548 g/mol. The summed E-state index contributed by atoms with van der Waals surface area (Å²) in [4.78, 5) is 32.7. The Bertz CT molecular complexity index is 1440. The molecule has 0 atom stereocenters. The average Bonchev–Trinajstić information content (AvgIpc) is 3.20. The van der Waals surface area contributed by atoms with Gasteiger partial charge in [0, 0.05) is 20.3 Å². The molecule has 0 aliphatic heterocycles. The van der Waals surface area contributed by atoms with Crippen molar-refractivity contribution in [2.75, 3.05) is 5.32 Å². The number of aryl methyl sites for hydroxylation is 1. The Kier molecular flexibility index (Phi) is 6.71. The molecular formula is C28H25BrN2O3S. The van der Waals surface area contributed by atoms with Crippen LogP contribution in [0, 0.1) is 0 Å². The molecule has 1 aliphatic carbocycles. The molecule has 1 aliphatic rings. The molecule has 0 unspecified atom stereocenters. The minimum absolute atomic E-state index is 0.234. The van der Waals surface area contributed by atoms with Crippen molar-refractivity contribution in [2.24, 2.45) is 0 Å². The second-order valence-corrected chi connectivity index (χ2v) is 10.9. The van der Waals surface area contributed by atoms with Crippen molar-refractivity contribution >= 4 is 55.0 Å². The molecule has 2 aromatic heterocycles. The number of fused-ring (bicyclic) bond motifs is 2. The maximum atomic E-state index is 13.7. The molecule has 5 rings (SSSR count). The third-order valence-electron chi connectivity index (χ3n) is 6.03. The van der Waals surface area contributed by atoms with E-state index in [9.17, 15) is 9.59 Å². The summed E-state index contributed by atoms with van der Waals surface area (Å²) in [5, 5.41) is 4.39. The van der Waals surface area contributed by atoms with Crippen LogP contribution >= 0.6 is 27.3 Å². The number of para-hydroxylation sites is 1. The highest BCUT2D eigenvalue weighted by molar-refractivity contribution is 9.10. The zero-order chi connectivity index (χ0) is 24.5. The molecule has 0 radical (unpaired) electrons. The fourth-order valence-electron chi connectivity index (χ4n) is 4.47. The summed E-state index contributed by atoms with van der Waals surface area (Å²) < 4.78 is 6.49. The number of esters is 1. The predicted molar refractivity (Wildman–Crippen MR) is 144 cm³/mol. The first-order valence-electron chi connectivity index (χ1n) is 11.7. The van der Waals surface area contributed by atoms with E-state index in [4.69, 9.17) is 9.72 Å². The number of carbonyl (C=O) groups excluding carboxylic acids is 2. The van der Waals surface area contributed by atoms with Gasteiger partial charge in [0.15, 0.2) is 0 Å². The maximum Gasteiger partial charge on any atom is 0.341 e. The molecular weight excluding hydrogens is 524 g/mol. The number of benzene rings is 2. The Labute approximate surface area is 216 Å². The Morgan fingerprint density at radius 2 is 1.86 bits per heavy atom. The first-order chi connectivity index (χ1) is 16.9. The Morgan fingerprint density at radius 1 is 1.06 bits per heavy atom. The lowest BCUT2D eigenvalue weighted by Gasteiger charge is -2.14. The maximum absolute atomic E-state index is 13.7. The van der Waals surface area contributed by atoms with Crippen molar-refractivity contribution < 1.29 is 14.3 Å². The topological polar surface area (TPSA) is 68.3 Å². The van der Waals surface area contributed by atoms with E-state index in [-0.39, 0.29) is 18.0 Å². The van der Waals surface area contributed by atoms with Gasteiger partial charge in [-0.3, -0.25) is 4.79 Å². The van der Waals surface area contributed by atoms with E-state index in [1.54, 1.807) is 0 Å². The number of aromatic nitrogens is 1. The Balaban J connectivity index is 1.58. The van der Waals surface area contributed by atoms with Gasteiger partial charge in [0.25, 0.3) is 5.91 Å². The highest BCUT2D eigenvalue weighted by Crippen LogP contribution is 2.39. The number of amides is 1. The SMILES string of the molecule is CC(C)OC(=O)c1c(NC(=O)c2cc(-c3cccc(Br)c3)nc3ccccc23)sc2c1CCCC2. The number of nitrogens with one attached hydrogen (secondary N) is 1. The van der Waals surface area contributed by atoms with Gasteiger partial charge >= 0.3 is 5.97 Å². The Morgan fingerprint density at radius 3 is 2.66 bits per heavy atom. The largest absolute Gasteiger partial charge is 0.459 e. The molecule has 1 amide bonds. The van der Waals surface area contributed by atoms with E-state index in [0.717, 1.165) is 57.1 Å². The first-order valence-corrected chi connectivity index (χ1v) is 13.3. The number of carbonyl (C=O) groups is 2. The summed E-state index contributed by atoms with van der Waals surface area (Å²) in [7, 11) is 0. The van der Waals surface area contributed by atoms with Gasteiger partial charge in [-0.2, -0.15) is 0 Å². The van der Waals surface area contributed by atoms with E-state index >= 15 is 0 Å². The zero-order valence-corrected chi connectivity index (χ0v) is 22.0. The number of ether oxygens (including phenoxy) is 1. The third-order valence-corrected chi connectivity index (χ3v) is 7.73. The molecule has 2 aromatic carbocycles. The number of hydrogen-bond acceptors (Lipinski definition) is 5. The smallest absolute Gasteiger partial charge is 0.341 e. The van der Waals surface area contributed by atoms with E-state index in [0.29, 0.717) is 21.8 Å². The van der Waals surface area contributed by atoms with Crippen molar-refractivity contribution in [3.63, 3.8) is 0 Å². The lowest BCUT2D eigenvalue weighted by atomic mass is 9.95. The number of anilines is 1. The van der Waals surface area contributed by atoms with Crippen LogP contribution in [-0.2, 0) is 17.6 Å². The molecule has 5 nitrogen and oxygen atoms in total. The van der Waals surface area contributed by atoms with Gasteiger partial charge in [-0.25, -0.2) is 9.78 Å². The van der Waals surface area contributed by atoms with Crippen LogP contribution in [0.4, 0.5) is 5.00 Å². The molecule has 35 heavy (non-hydrogen) atoms. The minimum atomic E-state index is -0.371. The number of hydrogen-bond donors (Lipinski definition) is 1. The molecule has 1 N–H and O–H groups in total. The summed E-state index contributed by atoms with van der Waals surface area (Å²) >= 11 is 5.01. The lowest BCUT2D eigenvalue weighted by molar-refractivity contribution is 0.0378. The minimum Gasteiger partial charge on any atom is -0.459 e. The van der Waals surface area contributed by atoms with Crippen LogP contribution in [0.3, 0.4) is 0 Å². The molecule has 2 heterocycles. The summed E-state index contributed by atoms with van der Waals surface area (Å²) in [5.74, 6) is -0.638. The second kappa shape index (κ2) is 9.91. The predicted octanol–water partition coefficient (Wildman–Crippen LogP) is 7.42. The van der Waals surface area contributed by atoms with Gasteiger partial charge in [-0.15, -0.1) is 11.3 Å². The molecule has 0 saturated heterocycles. The van der Waals surface area contributed by atoms with E-state index in [1.165, 1.54) is 11.3 Å². The number of rotatable bonds is 5. The number of pyridine rings is 1. The molecule has 0 saturated carbocycles. The van der Waals surface area contributed by atoms with Crippen LogP contribution in [0.5, 0.6) is 0 Å². The number of halogens is 1. The number of nitrogens with zero attached hydrogens (tertiary/aromatic N) is 1. The number of thiophene rings is 1. The van der Waals surface area contributed by atoms with Gasteiger partial charge in [0.05, 0.1) is 28.4 Å². The van der Waals surface area contributed by atoms with Crippen LogP contribution in [-0.4, -0.2) is 23.0 Å². The van der Waals surface area contributed by atoms with Crippen molar-refractivity contribution in [1.29, 1.82) is 0 Å². The van der Waals surface area contributed by atoms with Crippen LogP contribution in [0.1, 0.15) is 57.8 Å². The summed E-state index contributed by atoms with van der Waals surface area (Å²) in [6.45, 7) is 3.67. The van der Waals surface area contributed by atoms with E-state index < -0.39 is 0 Å². The van der Waals surface area contributed by atoms with E-state index in [2.05, 4.69) is 21.2 Å². The molecule has 178 valence electrons. The van der Waals surface area contributed by atoms with Crippen molar-refractivity contribution in [2.45, 2.75) is 45.6 Å². The van der Waals surface area contributed by atoms with Crippen LogP contribution in [0.25, 0.3) is 22.2 Å². The quantitative estimate of drug-likeness (QED) is 0.263. The average molecular weight is 549 g/mol. The van der Waals surface area contributed by atoms with Gasteiger partial charge in [-0.1, -0.05) is 46.3 Å². The van der Waals surface area contributed by atoms with Gasteiger partial charge < -0.3 is 10.1 Å². The van der Waals surface area contributed by atoms with E-state index in [1.807, 2.05) is 68.4 Å². The summed E-state index contributed by atoms with van der Waals surface area (Å²) in [6, 6.07) is 17.3. The highest BCUT2D eigenvalue weighted by Gasteiger charge is 2.28. The molecule has 0 bridgehead atoms. The molecule has 7 heteroatoms.